The minimum absolute atomic E-state index is 0.125. The smallest absolute Gasteiger partial charge is 0.251 e. The number of nitrogens with one attached hydrogen (secondary N) is 2. The summed E-state index contributed by atoms with van der Waals surface area (Å²) in [6.07, 6.45) is 3.18. The van der Waals surface area contributed by atoms with Crippen molar-refractivity contribution in [1.29, 1.82) is 0 Å². The standard InChI is InChI=1S/C25H21FN6O/c26-19-10-8-17(9-11-19)14-28-23-22-15-31-32(24(22)30-16-29-23)13-12-27-25(33)21-7-3-5-18-4-1-2-6-20(18)21/h1-11,15-16H,12-14H2,(H,27,33)(H,28,29,30). The Morgan fingerprint density at radius 2 is 1.76 bits per heavy atom. The predicted molar refractivity (Wildman–Crippen MR) is 125 cm³/mol. The van der Waals surface area contributed by atoms with E-state index in [4.69, 9.17) is 0 Å². The molecule has 8 heteroatoms. The summed E-state index contributed by atoms with van der Waals surface area (Å²) in [5.74, 6) is 0.256. The van der Waals surface area contributed by atoms with Crippen LogP contribution in [0.1, 0.15) is 15.9 Å². The molecule has 0 unspecified atom stereocenters. The Labute approximate surface area is 189 Å². The lowest BCUT2D eigenvalue weighted by Crippen LogP contribution is -2.27. The van der Waals surface area contributed by atoms with Crippen LogP contribution >= 0.6 is 0 Å². The first-order chi connectivity index (χ1) is 16.2. The van der Waals surface area contributed by atoms with Crippen LogP contribution < -0.4 is 10.6 Å². The van der Waals surface area contributed by atoms with Crippen molar-refractivity contribution in [2.24, 2.45) is 0 Å². The van der Waals surface area contributed by atoms with Crippen molar-refractivity contribution in [2.45, 2.75) is 13.1 Å². The molecule has 0 aliphatic carbocycles. The summed E-state index contributed by atoms with van der Waals surface area (Å²) in [7, 11) is 0. The molecule has 2 N–H and O–H groups in total. The van der Waals surface area contributed by atoms with Crippen molar-refractivity contribution in [3.63, 3.8) is 0 Å². The van der Waals surface area contributed by atoms with Gasteiger partial charge in [-0.1, -0.05) is 48.5 Å². The number of hydrogen-bond donors (Lipinski definition) is 2. The van der Waals surface area contributed by atoms with Gasteiger partial charge in [0, 0.05) is 18.7 Å². The van der Waals surface area contributed by atoms with Gasteiger partial charge in [-0.25, -0.2) is 19.0 Å². The molecule has 33 heavy (non-hydrogen) atoms. The van der Waals surface area contributed by atoms with E-state index in [1.165, 1.54) is 18.5 Å². The highest BCUT2D eigenvalue weighted by molar-refractivity contribution is 6.07. The second-order valence-corrected chi connectivity index (χ2v) is 7.59. The maximum atomic E-state index is 13.1. The number of halogens is 1. The average molecular weight is 440 g/mol. The van der Waals surface area contributed by atoms with Gasteiger partial charge in [0.1, 0.15) is 18.0 Å². The zero-order valence-corrected chi connectivity index (χ0v) is 17.7. The molecule has 0 aliphatic rings. The number of anilines is 1. The first-order valence-corrected chi connectivity index (χ1v) is 10.6. The Bertz CT molecular complexity index is 1430. The Balaban J connectivity index is 1.25. The van der Waals surface area contributed by atoms with Gasteiger partial charge in [0.2, 0.25) is 0 Å². The third-order valence-corrected chi connectivity index (χ3v) is 5.45. The zero-order valence-electron chi connectivity index (χ0n) is 17.7. The van der Waals surface area contributed by atoms with E-state index in [2.05, 4.69) is 25.7 Å². The minimum atomic E-state index is -0.267. The number of benzene rings is 3. The number of nitrogens with zero attached hydrogens (tertiary/aromatic N) is 4. The number of rotatable bonds is 7. The van der Waals surface area contributed by atoms with Crippen molar-refractivity contribution in [3.8, 4) is 0 Å². The summed E-state index contributed by atoms with van der Waals surface area (Å²) in [4.78, 5) is 21.4. The topological polar surface area (TPSA) is 84.7 Å². The summed E-state index contributed by atoms with van der Waals surface area (Å²) in [5.41, 5.74) is 2.26. The van der Waals surface area contributed by atoms with Gasteiger partial charge in [0.15, 0.2) is 5.65 Å². The molecule has 5 aromatic rings. The molecular formula is C25H21FN6O. The van der Waals surface area contributed by atoms with E-state index < -0.39 is 0 Å². The van der Waals surface area contributed by atoms with Crippen LogP contribution in [-0.2, 0) is 13.1 Å². The van der Waals surface area contributed by atoms with E-state index >= 15 is 0 Å². The highest BCUT2D eigenvalue weighted by atomic mass is 19.1. The summed E-state index contributed by atoms with van der Waals surface area (Å²) in [6, 6.07) is 19.8. The molecule has 0 radical (unpaired) electrons. The molecule has 2 aromatic heterocycles. The normalized spacial score (nSPS) is 11.1. The predicted octanol–water partition coefficient (Wildman–Crippen LogP) is 4.16. The van der Waals surface area contributed by atoms with Crippen LogP contribution in [-0.4, -0.2) is 32.2 Å². The first kappa shape index (κ1) is 20.6. The summed E-state index contributed by atoms with van der Waals surface area (Å²) >= 11 is 0. The summed E-state index contributed by atoms with van der Waals surface area (Å²) < 4.78 is 14.8. The molecule has 0 atom stereocenters. The largest absolute Gasteiger partial charge is 0.365 e. The van der Waals surface area contributed by atoms with Crippen LogP contribution in [0.15, 0.2) is 79.3 Å². The zero-order chi connectivity index (χ0) is 22.6. The van der Waals surface area contributed by atoms with Gasteiger partial charge in [0.25, 0.3) is 5.91 Å². The van der Waals surface area contributed by atoms with Crippen molar-refractivity contribution >= 4 is 33.5 Å². The van der Waals surface area contributed by atoms with Gasteiger partial charge in [-0.15, -0.1) is 0 Å². The number of hydrogen-bond acceptors (Lipinski definition) is 5. The monoisotopic (exact) mass is 440 g/mol. The molecule has 0 saturated carbocycles. The quantitative estimate of drug-likeness (QED) is 0.397. The van der Waals surface area contributed by atoms with Crippen LogP contribution in [0.2, 0.25) is 0 Å². The van der Waals surface area contributed by atoms with E-state index in [0.29, 0.717) is 36.7 Å². The van der Waals surface area contributed by atoms with Gasteiger partial charge >= 0.3 is 0 Å². The molecule has 0 spiro atoms. The van der Waals surface area contributed by atoms with Gasteiger partial charge in [-0.05, 0) is 34.5 Å². The van der Waals surface area contributed by atoms with Crippen LogP contribution in [0, 0.1) is 5.82 Å². The van der Waals surface area contributed by atoms with E-state index in [1.54, 1.807) is 23.0 Å². The second kappa shape index (κ2) is 9.04. The fourth-order valence-electron chi connectivity index (χ4n) is 3.78. The molecule has 0 aliphatic heterocycles. The molecule has 7 nitrogen and oxygen atoms in total. The Morgan fingerprint density at radius 3 is 2.64 bits per heavy atom. The number of carbonyl (C=O) groups is 1. The SMILES string of the molecule is O=C(NCCn1ncc2c(NCc3ccc(F)cc3)ncnc21)c1cccc2ccccc12. The molecule has 2 heterocycles. The lowest BCUT2D eigenvalue weighted by Gasteiger charge is -2.09. The summed E-state index contributed by atoms with van der Waals surface area (Å²) in [5, 5.41) is 13.4. The minimum Gasteiger partial charge on any atom is -0.365 e. The number of amides is 1. The molecule has 0 fully saturated rings. The fourth-order valence-corrected chi connectivity index (χ4v) is 3.78. The van der Waals surface area contributed by atoms with Gasteiger partial charge in [0.05, 0.1) is 18.1 Å². The highest BCUT2D eigenvalue weighted by Gasteiger charge is 2.12. The molecule has 164 valence electrons. The van der Waals surface area contributed by atoms with Gasteiger partial charge in [-0.2, -0.15) is 5.10 Å². The van der Waals surface area contributed by atoms with E-state index in [1.807, 2.05) is 42.5 Å². The molecule has 3 aromatic carbocycles. The van der Waals surface area contributed by atoms with Crippen molar-refractivity contribution in [1.82, 2.24) is 25.1 Å². The number of carbonyl (C=O) groups excluding carboxylic acids is 1. The Kier molecular flexibility index (Phi) is 5.63. The molecular weight excluding hydrogens is 419 g/mol. The fraction of sp³-hybridized carbons (Fsp3) is 0.120. The average Bonchev–Trinajstić information content (AvgIpc) is 3.27. The van der Waals surface area contributed by atoms with Crippen LogP contribution in [0.4, 0.5) is 10.2 Å². The van der Waals surface area contributed by atoms with Crippen molar-refractivity contribution in [2.75, 3.05) is 11.9 Å². The van der Waals surface area contributed by atoms with Crippen molar-refractivity contribution < 1.29 is 9.18 Å². The number of aromatic nitrogens is 4. The third kappa shape index (κ3) is 4.36. The second-order valence-electron chi connectivity index (χ2n) is 7.59. The third-order valence-electron chi connectivity index (χ3n) is 5.45. The van der Waals surface area contributed by atoms with E-state index in [9.17, 15) is 9.18 Å². The first-order valence-electron chi connectivity index (χ1n) is 10.6. The van der Waals surface area contributed by atoms with Gasteiger partial charge in [-0.3, -0.25) is 4.79 Å². The van der Waals surface area contributed by atoms with Crippen LogP contribution in [0.3, 0.4) is 0 Å². The van der Waals surface area contributed by atoms with Gasteiger partial charge < -0.3 is 10.6 Å². The molecule has 1 amide bonds. The van der Waals surface area contributed by atoms with E-state index in [-0.39, 0.29) is 11.7 Å². The molecule has 0 bridgehead atoms. The number of fused-ring (bicyclic) bond motifs is 2. The lowest BCUT2D eigenvalue weighted by molar-refractivity contribution is 0.0953. The van der Waals surface area contributed by atoms with Crippen LogP contribution in [0.5, 0.6) is 0 Å². The molecule has 5 rings (SSSR count). The Morgan fingerprint density at radius 1 is 0.939 bits per heavy atom. The Hall–Kier alpha value is -4.33. The van der Waals surface area contributed by atoms with Crippen molar-refractivity contribution in [3.05, 3.63) is 96.2 Å². The van der Waals surface area contributed by atoms with E-state index in [0.717, 1.165) is 21.7 Å². The maximum absolute atomic E-state index is 13.1. The molecule has 0 saturated heterocycles. The highest BCUT2D eigenvalue weighted by Crippen LogP contribution is 2.20. The summed E-state index contributed by atoms with van der Waals surface area (Å²) in [6.45, 7) is 1.37. The maximum Gasteiger partial charge on any atom is 0.251 e. The van der Waals surface area contributed by atoms with Crippen LogP contribution in [0.25, 0.3) is 21.8 Å². The lowest BCUT2D eigenvalue weighted by atomic mass is 10.0.